The van der Waals surface area contributed by atoms with Gasteiger partial charge in [-0.1, -0.05) is 5.21 Å². The number of carbonyl (C=O) groups is 1. The van der Waals surface area contributed by atoms with Crippen LogP contribution in [0.4, 0.5) is 0 Å². The molecule has 5 heteroatoms. The standard InChI is InChI=1S/C8H13N3O2/c1-7(2)13-8(12)3-5-11-6-4-9-10-11/h4,6-7H,3,5H2,1-2H3. The fourth-order valence-electron chi connectivity index (χ4n) is 0.880. The molecule has 0 saturated heterocycles. The second-order valence-corrected chi connectivity index (χ2v) is 2.95. The average molecular weight is 183 g/mol. The molecule has 1 aromatic heterocycles. The summed E-state index contributed by atoms with van der Waals surface area (Å²) in [6.45, 7) is 4.17. The van der Waals surface area contributed by atoms with Gasteiger partial charge in [0, 0.05) is 6.20 Å². The molecule has 0 fully saturated rings. The van der Waals surface area contributed by atoms with Gasteiger partial charge in [-0.15, -0.1) is 5.10 Å². The zero-order chi connectivity index (χ0) is 9.68. The second kappa shape index (κ2) is 4.59. The van der Waals surface area contributed by atoms with E-state index in [4.69, 9.17) is 4.74 Å². The van der Waals surface area contributed by atoms with Crippen LogP contribution < -0.4 is 0 Å². The third-order valence-corrected chi connectivity index (χ3v) is 1.38. The zero-order valence-electron chi connectivity index (χ0n) is 7.80. The van der Waals surface area contributed by atoms with Gasteiger partial charge in [-0.3, -0.25) is 9.48 Å². The molecule has 72 valence electrons. The smallest absolute Gasteiger partial charge is 0.307 e. The summed E-state index contributed by atoms with van der Waals surface area (Å²) < 4.78 is 6.55. The third-order valence-electron chi connectivity index (χ3n) is 1.38. The summed E-state index contributed by atoms with van der Waals surface area (Å²) in [5, 5.41) is 7.35. The van der Waals surface area contributed by atoms with Crippen molar-refractivity contribution in [3.8, 4) is 0 Å². The molecule has 1 heterocycles. The van der Waals surface area contributed by atoms with Gasteiger partial charge in [0.1, 0.15) is 0 Å². The Kier molecular flexibility index (Phi) is 3.42. The fraction of sp³-hybridized carbons (Fsp3) is 0.625. The maximum Gasteiger partial charge on any atom is 0.307 e. The van der Waals surface area contributed by atoms with Crippen molar-refractivity contribution in [2.45, 2.75) is 32.9 Å². The molecule has 0 aliphatic carbocycles. The van der Waals surface area contributed by atoms with Gasteiger partial charge in [0.15, 0.2) is 0 Å². The van der Waals surface area contributed by atoms with Crippen LogP contribution in [0.25, 0.3) is 0 Å². The van der Waals surface area contributed by atoms with Crippen LogP contribution >= 0.6 is 0 Å². The zero-order valence-corrected chi connectivity index (χ0v) is 7.80. The fourth-order valence-corrected chi connectivity index (χ4v) is 0.880. The minimum Gasteiger partial charge on any atom is -0.463 e. The van der Waals surface area contributed by atoms with Gasteiger partial charge in [0.2, 0.25) is 0 Å². The van der Waals surface area contributed by atoms with Crippen LogP contribution in [0, 0.1) is 0 Å². The van der Waals surface area contributed by atoms with Gasteiger partial charge in [0.25, 0.3) is 0 Å². The van der Waals surface area contributed by atoms with Gasteiger partial charge in [-0.2, -0.15) is 0 Å². The molecule has 0 spiro atoms. The Hall–Kier alpha value is -1.39. The van der Waals surface area contributed by atoms with Crippen molar-refractivity contribution in [2.75, 3.05) is 0 Å². The van der Waals surface area contributed by atoms with Crippen LogP contribution in [-0.2, 0) is 16.1 Å². The number of ether oxygens (including phenoxy) is 1. The maximum absolute atomic E-state index is 11.1. The van der Waals surface area contributed by atoms with Crippen molar-refractivity contribution >= 4 is 5.97 Å². The number of nitrogens with zero attached hydrogens (tertiary/aromatic N) is 3. The van der Waals surface area contributed by atoms with Gasteiger partial charge in [-0.05, 0) is 13.8 Å². The third kappa shape index (κ3) is 3.68. The minimum atomic E-state index is -0.203. The summed E-state index contributed by atoms with van der Waals surface area (Å²) in [6, 6.07) is 0. The van der Waals surface area contributed by atoms with Crippen molar-refractivity contribution in [1.29, 1.82) is 0 Å². The number of esters is 1. The summed E-state index contributed by atoms with van der Waals surface area (Å²) in [7, 11) is 0. The van der Waals surface area contributed by atoms with Crippen LogP contribution in [0.2, 0.25) is 0 Å². The van der Waals surface area contributed by atoms with E-state index in [9.17, 15) is 4.79 Å². The normalized spacial score (nSPS) is 10.4. The van der Waals surface area contributed by atoms with Crippen LogP contribution in [0.5, 0.6) is 0 Å². The molecule has 0 radical (unpaired) electrons. The number of carbonyl (C=O) groups excluding carboxylic acids is 1. The summed E-state index contributed by atoms with van der Waals surface area (Å²) in [6.07, 6.45) is 3.57. The molecule has 0 amide bonds. The molecule has 5 nitrogen and oxygen atoms in total. The van der Waals surface area contributed by atoms with E-state index < -0.39 is 0 Å². The Balaban J connectivity index is 2.23. The first-order valence-electron chi connectivity index (χ1n) is 4.22. The lowest BCUT2D eigenvalue weighted by atomic mass is 10.4. The lowest BCUT2D eigenvalue weighted by Crippen LogP contribution is -2.14. The number of hydrogen-bond donors (Lipinski definition) is 0. The predicted octanol–water partition coefficient (Wildman–Crippen LogP) is 0.620. The molecule has 0 aliphatic rings. The summed E-state index contributed by atoms with van der Waals surface area (Å²) in [5.74, 6) is -0.203. The Labute approximate surface area is 76.7 Å². The van der Waals surface area contributed by atoms with E-state index >= 15 is 0 Å². The van der Waals surface area contributed by atoms with Crippen molar-refractivity contribution in [3.05, 3.63) is 12.4 Å². The first-order valence-corrected chi connectivity index (χ1v) is 4.22. The van der Waals surface area contributed by atoms with Crippen molar-refractivity contribution in [2.24, 2.45) is 0 Å². The Morgan fingerprint density at radius 3 is 2.92 bits per heavy atom. The van der Waals surface area contributed by atoms with Crippen LogP contribution in [0.1, 0.15) is 20.3 Å². The average Bonchev–Trinajstić information content (AvgIpc) is 2.51. The van der Waals surface area contributed by atoms with Gasteiger partial charge in [-0.25, -0.2) is 0 Å². The molecule has 0 aliphatic heterocycles. The SMILES string of the molecule is CC(C)OC(=O)CCn1ccnn1. The van der Waals surface area contributed by atoms with Gasteiger partial charge in [0.05, 0.1) is 25.3 Å². The number of aryl methyl sites for hydroxylation is 1. The number of rotatable bonds is 4. The van der Waals surface area contributed by atoms with Crippen molar-refractivity contribution < 1.29 is 9.53 Å². The predicted molar refractivity (Wildman–Crippen MR) is 45.9 cm³/mol. The lowest BCUT2D eigenvalue weighted by Gasteiger charge is -2.06. The molecule has 0 unspecified atom stereocenters. The van der Waals surface area contributed by atoms with E-state index in [0.717, 1.165) is 0 Å². The summed E-state index contributed by atoms with van der Waals surface area (Å²) in [5.41, 5.74) is 0. The van der Waals surface area contributed by atoms with Crippen molar-refractivity contribution in [1.82, 2.24) is 15.0 Å². The first kappa shape index (κ1) is 9.70. The largest absolute Gasteiger partial charge is 0.463 e. The van der Waals surface area contributed by atoms with Crippen molar-refractivity contribution in [3.63, 3.8) is 0 Å². The van der Waals surface area contributed by atoms with Crippen LogP contribution in [-0.4, -0.2) is 27.1 Å². The van der Waals surface area contributed by atoms with E-state index in [-0.39, 0.29) is 12.1 Å². The van der Waals surface area contributed by atoms with Crippen LogP contribution in [0.3, 0.4) is 0 Å². The molecule has 0 saturated carbocycles. The molecule has 0 aromatic carbocycles. The Morgan fingerprint density at radius 2 is 2.38 bits per heavy atom. The lowest BCUT2D eigenvalue weighted by molar-refractivity contribution is -0.147. The van der Waals surface area contributed by atoms with Crippen LogP contribution in [0.15, 0.2) is 12.4 Å². The number of hydrogen-bond acceptors (Lipinski definition) is 4. The minimum absolute atomic E-state index is 0.0525. The highest BCUT2D eigenvalue weighted by Crippen LogP contribution is 1.95. The Morgan fingerprint density at radius 1 is 1.62 bits per heavy atom. The molecular formula is C8H13N3O2. The first-order chi connectivity index (χ1) is 6.18. The molecular weight excluding hydrogens is 170 g/mol. The molecule has 0 N–H and O–H groups in total. The summed E-state index contributed by atoms with van der Waals surface area (Å²) in [4.78, 5) is 11.1. The van der Waals surface area contributed by atoms with E-state index in [1.54, 1.807) is 17.1 Å². The number of aromatic nitrogens is 3. The molecule has 0 atom stereocenters. The topological polar surface area (TPSA) is 57.0 Å². The highest BCUT2D eigenvalue weighted by atomic mass is 16.5. The molecule has 1 aromatic rings. The van der Waals surface area contributed by atoms with E-state index in [1.807, 2.05) is 13.8 Å². The molecule has 13 heavy (non-hydrogen) atoms. The molecule has 1 rings (SSSR count). The quantitative estimate of drug-likeness (QED) is 0.642. The molecule has 0 bridgehead atoms. The van der Waals surface area contributed by atoms with Gasteiger partial charge < -0.3 is 4.74 Å². The highest BCUT2D eigenvalue weighted by Gasteiger charge is 2.05. The Bertz CT molecular complexity index is 256. The second-order valence-electron chi connectivity index (χ2n) is 2.95. The van der Waals surface area contributed by atoms with E-state index in [0.29, 0.717) is 13.0 Å². The monoisotopic (exact) mass is 183 g/mol. The van der Waals surface area contributed by atoms with E-state index in [2.05, 4.69) is 10.3 Å². The van der Waals surface area contributed by atoms with Gasteiger partial charge >= 0.3 is 5.97 Å². The maximum atomic E-state index is 11.1. The van der Waals surface area contributed by atoms with E-state index in [1.165, 1.54) is 0 Å². The highest BCUT2D eigenvalue weighted by molar-refractivity contribution is 5.69. The summed E-state index contributed by atoms with van der Waals surface area (Å²) >= 11 is 0.